The van der Waals surface area contributed by atoms with Crippen LogP contribution < -0.4 is 10.1 Å². The molecule has 1 aromatic carbocycles. The lowest BCUT2D eigenvalue weighted by Gasteiger charge is -2.29. The summed E-state index contributed by atoms with van der Waals surface area (Å²) in [6.07, 6.45) is -0.678. The van der Waals surface area contributed by atoms with E-state index >= 15 is 0 Å². The van der Waals surface area contributed by atoms with Crippen LogP contribution in [0.25, 0.3) is 0 Å². The number of aliphatic hydroxyl groups excluding tert-OH is 1. The second kappa shape index (κ2) is 6.21. The van der Waals surface area contributed by atoms with Crippen molar-refractivity contribution in [2.24, 2.45) is 0 Å². The molecule has 0 aromatic heterocycles. The molecule has 0 aliphatic carbocycles. The SMILES string of the molecule is CC(O)C(C)(C)NC(=O)COc1ccccc1C#N. The number of para-hydroxylation sites is 1. The highest BCUT2D eigenvalue weighted by atomic mass is 16.5. The second-order valence-corrected chi connectivity index (χ2v) is 4.84. The number of amides is 1. The van der Waals surface area contributed by atoms with Crippen LogP contribution in [0.5, 0.6) is 5.75 Å². The van der Waals surface area contributed by atoms with Crippen LogP contribution in [0.4, 0.5) is 0 Å². The van der Waals surface area contributed by atoms with Crippen LogP contribution in [0.1, 0.15) is 26.3 Å². The molecule has 1 rings (SSSR count). The normalized spacial score (nSPS) is 12.4. The topological polar surface area (TPSA) is 82.3 Å². The standard InChI is InChI=1S/C14H18N2O3/c1-10(17)14(2,3)16-13(18)9-19-12-7-5-4-6-11(12)8-15/h4-7,10,17H,9H2,1-3H3,(H,16,18). The maximum Gasteiger partial charge on any atom is 0.258 e. The zero-order valence-electron chi connectivity index (χ0n) is 11.3. The Hall–Kier alpha value is -2.06. The Morgan fingerprint density at radius 1 is 1.53 bits per heavy atom. The van der Waals surface area contributed by atoms with Crippen molar-refractivity contribution in [3.05, 3.63) is 29.8 Å². The number of aliphatic hydroxyl groups is 1. The first-order chi connectivity index (χ1) is 8.86. The number of rotatable bonds is 5. The van der Waals surface area contributed by atoms with Gasteiger partial charge in [-0.2, -0.15) is 5.26 Å². The van der Waals surface area contributed by atoms with Crippen molar-refractivity contribution >= 4 is 5.91 Å². The highest BCUT2D eigenvalue weighted by molar-refractivity contribution is 5.78. The quantitative estimate of drug-likeness (QED) is 0.835. The van der Waals surface area contributed by atoms with Gasteiger partial charge in [-0.1, -0.05) is 12.1 Å². The van der Waals surface area contributed by atoms with Crippen LogP contribution >= 0.6 is 0 Å². The van der Waals surface area contributed by atoms with Crippen LogP contribution in [0.15, 0.2) is 24.3 Å². The zero-order valence-corrected chi connectivity index (χ0v) is 11.3. The molecule has 0 bridgehead atoms. The van der Waals surface area contributed by atoms with Crippen LogP contribution in [0, 0.1) is 11.3 Å². The molecule has 5 nitrogen and oxygen atoms in total. The van der Waals surface area contributed by atoms with Crippen molar-refractivity contribution < 1.29 is 14.6 Å². The fourth-order valence-corrected chi connectivity index (χ4v) is 1.33. The van der Waals surface area contributed by atoms with Crippen molar-refractivity contribution in [3.63, 3.8) is 0 Å². The molecule has 1 aromatic rings. The van der Waals surface area contributed by atoms with Crippen molar-refractivity contribution in [3.8, 4) is 11.8 Å². The van der Waals surface area contributed by atoms with Gasteiger partial charge >= 0.3 is 0 Å². The second-order valence-electron chi connectivity index (χ2n) is 4.84. The van der Waals surface area contributed by atoms with Gasteiger partial charge in [0.1, 0.15) is 11.8 Å². The average Bonchev–Trinajstić information content (AvgIpc) is 2.36. The first-order valence-corrected chi connectivity index (χ1v) is 5.98. The molecule has 19 heavy (non-hydrogen) atoms. The van der Waals surface area contributed by atoms with Gasteiger partial charge in [0.05, 0.1) is 17.2 Å². The Balaban J connectivity index is 2.58. The Kier molecular flexibility index (Phi) is 4.90. The first-order valence-electron chi connectivity index (χ1n) is 5.98. The molecule has 1 unspecified atom stereocenters. The van der Waals surface area contributed by atoms with E-state index in [0.717, 1.165) is 0 Å². The van der Waals surface area contributed by atoms with Crippen molar-refractivity contribution in [2.45, 2.75) is 32.4 Å². The smallest absolute Gasteiger partial charge is 0.258 e. The summed E-state index contributed by atoms with van der Waals surface area (Å²) in [5, 5.41) is 21.0. The van der Waals surface area contributed by atoms with Gasteiger partial charge in [0.2, 0.25) is 0 Å². The molecular weight excluding hydrogens is 244 g/mol. The van der Waals surface area contributed by atoms with Gasteiger partial charge in [-0.25, -0.2) is 0 Å². The predicted octanol–water partition coefficient (Wildman–Crippen LogP) is 1.21. The number of nitrogens with one attached hydrogen (secondary N) is 1. The molecule has 102 valence electrons. The summed E-state index contributed by atoms with van der Waals surface area (Å²) < 4.78 is 5.30. The molecule has 0 saturated heterocycles. The number of carbonyl (C=O) groups excluding carboxylic acids is 1. The molecular formula is C14H18N2O3. The van der Waals surface area contributed by atoms with Gasteiger partial charge in [-0.05, 0) is 32.9 Å². The molecule has 1 atom stereocenters. The van der Waals surface area contributed by atoms with Gasteiger partial charge in [0.15, 0.2) is 6.61 Å². The molecule has 0 aliphatic heterocycles. The summed E-state index contributed by atoms with van der Waals surface area (Å²) in [6.45, 7) is 4.85. The predicted molar refractivity (Wildman–Crippen MR) is 70.6 cm³/mol. The summed E-state index contributed by atoms with van der Waals surface area (Å²) >= 11 is 0. The summed E-state index contributed by atoms with van der Waals surface area (Å²) in [7, 11) is 0. The van der Waals surface area contributed by atoms with Crippen LogP contribution in [0.3, 0.4) is 0 Å². The van der Waals surface area contributed by atoms with Crippen molar-refractivity contribution in [1.29, 1.82) is 5.26 Å². The molecule has 1 amide bonds. The van der Waals surface area contributed by atoms with Gasteiger partial charge in [0, 0.05) is 0 Å². The lowest BCUT2D eigenvalue weighted by Crippen LogP contribution is -2.52. The Labute approximate surface area is 112 Å². The number of carbonyl (C=O) groups is 1. The van der Waals surface area contributed by atoms with Crippen LogP contribution in [0.2, 0.25) is 0 Å². The van der Waals surface area contributed by atoms with Gasteiger partial charge in [0.25, 0.3) is 5.91 Å². The summed E-state index contributed by atoms with van der Waals surface area (Å²) in [6, 6.07) is 8.69. The summed E-state index contributed by atoms with van der Waals surface area (Å²) in [4.78, 5) is 11.7. The third-order valence-corrected chi connectivity index (χ3v) is 2.87. The average molecular weight is 262 g/mol. The molecule has 0 fully saturated rings. The number of hydrogen-bond acceptors (Lipinski definition) is 4. The minimum absolute atomic E-state index is 0.200. The molecule has 0 saturated carbocycles. The maximum atomic E-state index is 11.7. The Morgan fingerprint density at radius 3 is 2.74 bits per heavy atom. The lowest BCUT2D eigenvalue weighted by atomic mass is 9.99. The fourth-order valence-electron chi connectivity index (χ4n) is 1.33. The number of nitrogens with zero attached hydrogens (tertiary/aromatic N) is 1. The van der Waals surface area contributed by atoms with Gasteiger partial charge in [-0.15, -0.1) is 0 Å². The number of hydrogen-bond donors (Lipinski definition) is 2. The minimum atomic E-state index is -0.727. The molecule has 5 heteroatoms. The van der Waals surface area contributed by atoms with E-state index in [9.17, 15) is 9.90 Å². The highest BCUT2D eigenvalue weighted by Crippen LogP contribution is 2.16. The van der Waals surface area contributed by atoms with E-state index in [-0.39, 0.29) is 12.5 Å². The highest BCUT2D eigenvalue weighted by Gasteiger charge is 2.26. The lowest BCUT2D eigenvalue weighted by molar-refractivity contribution is -0.126. The molecule has 2 N–H and O–H groups in total. The fraction of sp³-hybridized carbons (Fsp3) is 0.429. The van der Waals surface area contributed by atoms with E-state index in [1.54, 1.807) is 45.0 Å². The zero-order chi connectivity index (χ0) is 14.5. The van der Waals surface area contributed by atoms with E-state index in [1.165, 1.54) is 0 Å². The molecule has 0 aliphatic rings. The summed E-state index contributed by atoms with van der Waals surface area (Å²) in [5.41, 5.74) is -0.347. The van der Waals surface area contributed by atoms with E-state index in [1.807, 2.05) is 6.07 Å². The monoisotopic (exact) mass is 262 g/mol. The van der Waals surface area contributed by atoms with Crippen molar-refractivity contribution in [2.75, 3.05) is 6.61 Å². The number of benzene rings is 1. The number of ether oxygens (including phenoxy) is 1. The molecule has 0 spiro atoms. The third kappa shape index (κ3) is 4.27. The van der Waals surface area contributed by atoms with E-state index < -0.39 is 11.6 Å². The third-order valence-electron chi connectivity index (χ3n) is 2.87. The number of nitriles is 1. The Bertz CT molecular complexity index is 490. The van der Waals surface area contributed by atoms with E-state index in [4.69, 9.17) is 10.00 Å². The van der Waals surface area contributed by atoms with Crippen LogP contribution in [-0.4, -0.2) is 29.3 Å². The first kappa shape index (κ1) is 15.0. The van der Waals surface area contributed by atoms with E-state index in [2.05, 4.69) is 5.32 Å². The van der Waals surface area contributed by atoms with Gasteiger partial charge in [-0.3, -0.25) is 4.79 Å². The maximum absolute atomic E-state index is 11.7. The minimum Gasteiger partial charge on any atom is -0.482 e. The molecule has 0 heterocycles. The largest absolute Gasteiger partial charge is 0.482 e. The van der Waals surface area contributed by atoms with Gasteiger partial charge < -0.3 is 15.2 Å². The van der Waals surface area contributed by atoms with E-state index in [0.29, 0.717) is 11.3 Å². The summed E-state index contributed by atoms with van der Waals surface area (Å²) in [5.74, 6) is 0.0219. The Morgan fingerprint density at radius 2 is 2.16 bits per heavy atom. The van der Waals surface area contributed by atoms with Crippen LogP contribution in [-0.2, 0) is 4.79 Å². The molecule has 0 radical (unpaired) electrons. The van der Waals surface area contributed by atoms with Crippen molar-refractivity contribution in [1.82, 2.24) is 5.32 Å².